The lowest BCUT2D eigenvalue weighted by atomic mass is 10.1. The molecule has 0 amide bonds. The summed E-state index contributed by atoms with van der Waals surface area (Å²) < 4.78 is 4.25. The number of pyridine rings is 1. The highest BCUT2D eigenvalue weighted by atomic mass is 15.3. The van der Waals surface area contributed by atoms with E-state index in [2.05, 4.69) is 91.6 Å². The monoisotopic (exact) mass is 423 g/mol. The van der Waals surface area contributed by atoms with Gasteiger partial charge >= 0.3 is 0 Å². The van der Waals surface area contributed by atoms with Crippen molar-refractivity contribution in [1.29, 1.82) is 0 Å². The van der Waals surface area contributed by atoms with Gasteiger partial charge in [0.15, 0.2) is 5.65 Å². The van der Waals surface area contributed by atoms with Gasteiger partial charge in [-0.05, 0) is 37.4 Å². The van der Waals surface area contributed by atoms with Crippen LogP contribution in [0.15, 0.2) is 67.4 Å². The molecule has 0 spiro atoms. The SMILES string of the molecule is CN1CCN(c2ccc(-c3cn4c(-c5ccc6c(ccn6C)c5)cnc4cn3)cn2)CC1. The van der Waals surface area contributed by atoms with E-state index >= 15 is 0 Å². The molecular weight excluding hydrogens is 398 g/mol. The fraction of sp³-hybridized carbons (Fsp3) is 0.240. The Labute approximate surface area is 186 Å². The molecule has 1 aliphatic rings. The van der Waals surface area contributed by atoms with Crippen molar-refractivity contribution in [3.8, 4) is 22.5 Å². The van der Waals surface area contributed by atoms with Gasteiger partial charge in [-0.2, -0.15) is 0 Å². The summed E-state index contributed by atoms with van der Waals surface area (Å²) in [4.78, 5) is 18.6. The van der Waals surface area contributed by atoms with Gasteiger partial charge < -0.3 is 14.4 Å². The number of fused-ring (bicyclic) bond motifs is 2. The molecule has 32 heavy (non-hydrogen) atoms. The number of rotatable bonds is 3. The van der Waals surface area contributed by atoms with Crippen molar-refractivity contribution in [2.75, 3.05) is 38.1 Å². The second kappa shape index (κ2) is 7.46. The van der Waals surface area contributed by atoms with E-state index in [1.807, 2.05) is 18.6 Å². The summed E-state index contributed by atoms with van der Waals surface area (Å²) in [6.07, 6.45) is 9.81. The van der Waals surface area contributed by atoms with Crippen molar-refractivity contribution in [3.05, 3.63) is 67.4 Å². The molecule has 1 fully saturated rings. The van der Waals surface area contributed by atoms with Crippen LogP contribution < -0.4 is 4.90 Å². The second-order valence-corrected chi connectivity index (χ2v) is 8.54. The zero-order valence-electron chi connectivity index (χ0n) is 18.3. The topological polar surface area (TPSA) is 54.5 Å². The molecule has 1 aliphatic heterocycles. The molecule has 1 saturated heterocycles. The van der Waals surface area contributed by atoms with Gasteiger partial charge in [-0.15, -0.1) is 0 Å². The van der Waals surface area contributed by atoms with Crippen molar-refractivity contribution in [3.63, 3.8) is 0 Å². The summed E-state index contributed by atoms with van der Waals surface area (Å²) in [6.45, 7) is 4.16. The van der Waals surface area contributed by atoms with Crippen LogP contribution in [-0.4, -0.2) is 62.0 Å². The van der Waals surface area contributed by atoms with Crippen molar-refractivity contribution >= 4 is 22.4 Å². The Kier molecular flexibility index (Phi) is 4.43. The van der Waals surface area contributed by atoms with E-state index in [4.69, 9.17) is 4.98 Å². The average molecular weight is 424 g/mol. The molecule has 160 valence electrons. The van der Waals surface area contributed by atoms with Crippen LogP contribution >= 0.6 is 0 Å². The van der Waals surface area contributed by atoms with E-state index in [0.29, 0.717) is 0 Å². The highest BCUT2D eigenvalue weighted by Crippen LogP contribution is 2.27. The third kappa shape index (κ3) is 3.22. The standard InChI is InChI=1S/C25H25N7/c1-29-9-11-31(12-10-29)24-6-4-20(14-27-24)21-17-32-23(15-28-25(32)16-26-21)18-3-5-22-19(13-18)7-8-30(22)2/h3-8,13-17H,9-12H2,1-2H3. The number of hydrogen-bond acceptors (Lipinski definition) is 5. The lowest BCUT2D eigenvalue weighted by Crippen LogP contribution is -2.44. The van der Waals surface area contributed by atoms with Crippen LogP contribution in [0.25, 0.3) is 39.1 Å². The highest BCUT2D eigenvalue weighted by Gasteiger charge is 2.16. The van der Waals surface area contributed by atoms with Gasteiger partial charge in [0.05, 0.1) is 23.8 Å². The summed E-state index contributed by atoms with van der Waals surface area (Å²) in [5.74, 6) is 1.03. The van der Waals surface area contributed by atoms with Crippen molar-refractivity contribution in [1.82, 2.24) is 28.8 Å². The Morgan fingerprint density at radius 3 is 2.44 bits per heavy atom. The largest absolute Gasteiger partial charge is 0.354 e. The molecule has 7 nitrogen and oxygen atoms in total. The zero-order valence-corrected chi connectivity index (χ0v) is 18.3. The number of benzene rings is 1. The fourth-order valence-corrected chi connectivity index (χ4v) is 4.45. The highest BCUT2D eigenvalue weighted by molar-refractivity contribution is 5.85. The minimum absolute atomic E-state index is 0.832. The molecule has 0 bridgehead atoms. The average Bonchev–Trinajstić information content (AvgIpc) is 3.42. The zero-order chi connectivity index (χ0) is 21.7. The van der Waals surface area contributed by atoms with Gasteiger partial charge in [-0.25, -0.2) is 9.97 Å². The number of piperazine rings is 1. The molecule has 1 aromatic carbocycles. The van der Waals surface area contributed by atoms with Gasteiger partial charge in [0, 0.05) is 73.8 Å². The van der Waals surface area contributed by atoms with Crippen LogP contribution in [0.3, 0.4) is 0 Å². The maximum Gasteiger partial charge on any atom is 0.155 e. The van der Waals surface area contributed by atoms with Crippen LogP contribution in [0.5, 0.6) is 0 Å². The summed E-state index contributed by atoms with van der Waals surface area (Å²) >= 11 is 0. The van der Waals surface area contributed by atoms with E-state index < -0.39 is 0 Å². The molecule has 0 N–H and O–H groups in total. The number of anilines is 1. The molecule has 6 rings (SSSR count). The van der Waals surface area contributed by atoms with Gasteiger partial charge in [0.2, 0.25) is 0 Å². The molecular formula is C25H25N7. The van der Waals surface area contributed by atoms with Crippen LogP contribution in [0.1, 0.15) is 0 Å². The first-order valence-electron chi connectivity index (χ1n) is 10.9. The molecule has 0 saturated carbocycles. The van der Waals surface area contributed by atoms with Gasteiger partial charge in [0.1, 0.15) is 5.82 Å². The summed E-state index contributed by atoms with van der Waals surface area (Å²) in [5, 5.41) is 1.22. The lowest BCUT2D eigenvalue weighted by molar-refractivity contribution is 0.312. The quantitative estimate of drug-likeness (QED) is 0.443. The summed E-state index contributed by atoms with van der Waals surface area (Å²) in [5.41, 5.74) is 6.13. The third-order valence-electron chi connectivity index (χ3n) is 6.45. The molecule has 5 heterocycles. The third-order valence-corrected chi connectivity index (χ3v) is 6.45. The molecule has 0 radical (unpaired) electrons. The predicted molar refractivity (Wildman–Crippen MR) is 128 cm³/mol. The smallest absolute Gasteiger partial charge is 0.155 e. The second-order valence-electron chi connectivity index (χ2n) is 8.54. The van der Waals surface area contributed by atoms with Crippen molar-refractivity contribution < 1.29 is 0 Å². The first-order chi connectivity index (χ1) is 15.7. The van der Waals surface area contributed by atoms with E-state index in [-0.39, 0.29) is 0 Å². The van der Waals surface area contributed by atoms with Gasteiger partial charge in [-0.1, -0.05) is 6.07 Å². The van der Waals surface area contributed by atoms with E-state index in [0.717, 1.165) is 60.2 Å². The summed E-state index contributed by atoms with van der Waals surface area (Å²) in [6, 6.07) is 12.9. The lowest BCUT2D eigenvalue weighted by Gasteiger charge is -2.33. The van der Waals surface area contributed by atoms with Crippen LogP contribution in [-0.2, 0) is 7.05 Å². The van der Waals surface area contributed by atoms with Crippen LogP contribution in [0.2, 0.25) is 0 Å². The number of nitrogens with zero attached hydrogens (tertiary/aromatic N) is 7. The van der Waals surface area contributed by atoms with Crippen molar-refractivity contribution in [2.24, 2.45) is 7.05 Å². The Hall–Kier alpha value is -3.71. The van der Waals surface area contributed by atoms with Crippen molar-refractivity contribution in [2.45, 2.75) is 0 Å². The minimum atomic E-state index is 0.832. The van der Waals surface area contributed by atoms with E-state index in [9.17, 15) is 0 Å². The Balaban J connectivity index is 1.34. The Bertz CT molecular complexity index is 1410. The van der Waals surface area contributed by atoms with E-state index in [1.54, 1.807) is 0 Å². The number of aryl methyl sites for hydroxylation is 1. The Morgan fingerprint density at radius 2 is 1.62 bits per heavy atom. The van der Waals surface area contributed by atoms with Gasteiger partial charge in [-0.3, -0.25) is 9.38 Å². The molecule has 0 unspecified atom stereocenters. The van der Waals surface area contributed by atoms with Gasteiger partial charge in [0.25, 0.3) is 0 Å². The first kappa shape index (κ1) is 19.0. The maximum atomic E-state index is 4.73. The molecule has 5 aromatic rings. The minimum Gasteiger partial charge on any atom is -0.354 e. The number of likely N-dealkylation sites (N-methyl/N-ethyl adjacent to an activating group) is 1. The molecule has 4 aromatic heterocycles. The summed E-state index contributed by atoms with van der Waals surface area (Å²) in [7, 11) is 4.23. The van der Waals surface area contributed by atoms with Crippen LogP contribution in [0.4, 0.5) is 5.82 Å². The normalized spacial score (nSPS) is 15.1. The molecule has 7 heteroatoms. The predicted octanol–water partition coefficient (Wildman–Crippen LogP) is 3.70. The Morgan fingerprint density at radius 1 is 0.781 bits per heavy atom. The molecule has 0 aliphatic carbocycles. The van der Waals surface area contributed by atoms with Crippen LogP contribution in [0, 0.1) is 0 Å². The number of hydrogen-bond donors (Lipinski definition) is 0. The number of aromatic nitrogens is 5. The maximum absolute atomic E-state index is 4.73. The first-order valence-corrected chi connectivity index (χ1v) is 10.9. The molecule has 0 atom stereocenters. The van der Waals surface area contributed by atoms with E-state index in [1.165, 1.54) is 10.9 Å². The number of imidazole rings is 1. The fourth-order valence-electron chi connectivity index (χ4n) is 4.45.